The zero-order chi connectivity index (χ0) is 13.7. The minimum atomic E-state index is 0.586. The van der Waals surface area contributed by atoms with Crippen LogP contribution in [0, 0.1) is 6.92 Å². The topological polar surface area (TPSA) is 52.0 Å². The number of nitrogen functional groups attached to an aromatic ring is 1. The molecular weight excluding hydrogens is 268 g/mol. The summed E-state index contributed by atoms with van der Waals surface area (Å²) in [6.45, 7) is 2.07. The van der Waals surface area contributed by atoms with Crippen molar-refractivity contribution in [2.45, 2.75) is 6.92 Å². The highest BCUT2D eigenvalue weighted by molar-refractivity contribution is 7.22. The summed E-state index contributed by atoms with van der Waals surface area (Å²) in [6, 6.07) is 14.3. The van der Waals surface area contributed by atoms with Gasteiger partial charge in [-0.3, -0.25) is 0 Å². The fraction of sp³-hybridized carbons (Fsp3) is 0.0625. The summed E-state index contributed by atoms with van der Waals surface area (Å²) >= 11 is 1.51. The molecule has 20 heavy (non-hydrogen) atoms. The van der Waals surface area contributed by atoms with Gasteiger partial charge in [0.05, 0.1) is 10.2 Å². The Kier molecular flexibility index (Phi) is 2.35. The molecule has 0 saturated heterocycles. The summed E-state index contributed by atoms with van der Waals surface area (Å²) < 4.78 is 7.05. The lowest BCUT2D eigenvalue weighted by Crippen LogP contribution is -1.83. The molecule has 2 N–H and O–H groups in total. The molecule has 0 spiro atoms. The van der Waals surface area contributed by atoms with E-state index in [1.54, 1.807) is 0 Å². The van der Waals surface area contributed by atoms with E-state index in [1.165, 1.54) is 16.9 Å². The second kappa shape index (κ2) is 4.08. The van der Waals surface area contributed by atoms with Crippen molar-refractivity contribution >= 4 is 37.7 Å². The van der Waals surface area contributed by atoms with Gasteiger partial charge in [-0.05, 0) is 36.8 Å². The monoisotopic (exact) mass is 280 g/mol. The molecule has 2 aromatic carbocycles. The SMILES string of the molecule is Cc1cc(-c2cc3ccccc3o2)c2nc(N)sc2c1. The predicted molar refractivity (Wildman–Crippen MR) is 84.0 cm³/mol. The Bertz CT molecular complexity index is 903. The third-order valence-corrected chi connectivity index (χ3v) is 4.18. The number of nitrogens with two attached hydrogens (primary N) is 1. The average Bonchev–Trinajstić information content (AvgIpc) is 2.99. The minimum Gasteiger partial charge on any atom is -0.456 e. The summed E-state index contributed by atoms with van der Waals surface area (Å²) in [4.78, 5) is 4.44. The number of aromatic nitrogens is 1. The van der Waals surface area contributed by atoms with Crippen LogP contribution in [-0.4, -0.2) is 4.98 Å². The second-order valence-electron chi connectivity index (χ2n) is 4.86. The van der Waals surface area contributed by atoms with E-state index in [9.17, 15) is 0 Å². The number of thiazole rings is 1. The van der Waals surface area contributed by atoms with Crippen molar-refractivity contribution in [2.24, 2.45) is 0 Å². The number of anilines is 1. The van der Waals surface area contributed by atoms with Crippen LogP contribution >= 0.6 is 11.3 Å². The molecule has 0 aliphatic heterocycles. The highest BCUT2D eigenvalue weighted by atomic mass is 32.1. The zero-order valence-electron chi connectivity index (χ0n) is 10.9. The first-order valence-electron chi connectivity index (χ1n) is 6.36. The smallest absolute Gasteiger partial charge is 0.181 e. The Morgan fingerprint density at radius 1 is 1.15 bits per heavy atom. The number of para-hydroxylation sites is 1. The second-order valence-corrected chi connectivity index (χ2v) is 5.92. The van der Waals surface area contributed by atoms with E-state index in [1.807, 2.05) is 24.3 Å². The maximum absolute atomic E-state index is 5.95. The number of hydrogen-bond acceptors (Lipinski definition) is 4. The van der Waals surface area contributed by atoms with Gasteiger partial charge < -0.3 is 10.2 Å². The quantitative estimate of drug-likeness (QED) is 0.554. The number of fused-ring (bicyclic) bond motifs is 2. The van der Waals surface area contributed by atoms with Gasteiger partial charge in [0.2, 0.25) is 0 Å². The third-order valence-electron chi connectivity index (χ3n) is 3.35. The third kappa shape index (κ3) is 1.69. The van der Waals surface area contributed by atoms with Gasteiger partial charge in [-0.2, -0.15) is 0 Å². The van der Waals surface area contributed by atoms with Crippen LogP contribution in [0.15, 0.2) is 46.9 Å². The molecule has 0 aliphatic carbocycles. The fourth-order valence-corrected chi connectivity index (χ4v) is 3.35. The average molecular weight is 280 g/mol. The number of benzene rings is 2. The lowest BCUT2D eigenvalue weighted by molar-refractivity contribution is 0.632. The minimum absolute atomic E-state index is 0.586. The first-order chi connectivity index (χ1) is 9.70. The highest BCUT2D eigenvalue weighted by Gasteiger charge is 2.13. The van der Waals surface area contributed by atoms with Crippen molar-refractivity contribution < 1.29 is 4.42 Å². The first kappa shape index (κ1) is 11.5. The van der Waals surface area contributed by atoms with Crippen LogP contribution in [0.4, 0.5) is 5.13 Å². The predicted octanol–water partition coefficient (Wildman–Crippen LogP) is 4.60. The molecule has 4 aromatic rings. The van der Waals surface area contributed by atoms with Crippen molar-refractivity contribution in [3.63, 3.8) is 0 Å². The van der Waals surface area contributed by atoms with E-state index >= 15 is 0 Å². The molecule has 0 bridgehead atoms. The Morgan fingerprint density at radius 2 is 2.00 bits per heavy atom. The molecule has 0 aliphatic rings. The lowest BCUT2D eigenvalue weighted by Gasteiger charge is -2.00. The Hall–Kier alpha value is -2.33. The van der Waals surface area contributed by atoms with Crippen LogP contribution in [0.25, 0.3) is 32.5 Å². The van der Waals surface area contributed by atoms with Gasteiger partial charge in [-0.25, -0.2) is 4.98 Å². The van der Waals surface area contributed by atoms with Crippen molar-refractivity contribution in [1.82, 2.24) is 4.98 Å². The summed E-state index contributed by atoms with van der Waals surface area (Å²) in [7, 11) is 0. The summed E-state index contributed by atoms with van der Waals surface area (Å²) in [5.41, 5.74) is 9.82. The molecule has 2 aromatic heterocycles. The molecule has 4 heteroatoms. The van der Waals surface area contributed by atoms with Crippen LogP contribution < -0.4 is 5.73 Å². The van der Waals surface area contributed by atoms with E-state index < -0.39 is 0 Å². The number of hydrogen-bond donors (Lipinski definition) is 1. The maximum Gasteiger partial charge on any atom is 0.181 e. The van der Waals surface area contributed by atoms with E-state index in [0.717, 1.165) is 32.5 Å². The summed E-state index contributed by atoms with van der Waals surface area (Å²) in [5, 5.41) is 1.68. The molecule has 2 heterocycles. The molecule has 4 rings (SSSR count). The van der Waals surface area contributed by atoms with Crippen LogP contribution in [0.3, 0.4) is 0 Å². The molecule has 0 amide bonds. The van der Waals surface area contributed by atoms with Gasteiger partial charge in [0, 0.05) is 10.9 Å². The van der Waals surface area contributed by atoms with E-state index in [-0.39, 0.29) is 0 Å². The van der Waals surface area contributed by atoms with E-state index in [4.69, 9.17) is 10.2 Å². The van der Waals surface area contributed by atoms with Gasteiger partial charge in [0.25, 0.3) is 0 Å². The van der Waals surface area contributed by atoms with Gasteiger partial charge in [0.15, 0.2) is 5.13 Å². The Labute approximate surface area is 119 Å². The van der Waals surface area contributed by atoms with E-state index in [2.05, 4.69) is 30.1 Å². The zero-order valence-corrected chi connectivity index (χ0v) is 11.7. The van der Waals surface area contributed by atoms with Gasteiger partial charge in [0.1, 0.15) is 11.3 Å². The number of nitrogens with zero attached hydrogens (tertiary/aromatic N) is 1. The van der Waals surface area contributed by atoms with Crippen molar-refractivity contribution in [3.05, 3.63) is 48.0 Å². The van der Waals surface area contributed by atoms with Crippen molar-refractivity contribution in [1.29, 1.82) is 0 Å². The highest BCUT2D eigenvalue weighted by Crippen LogP contribution is 2.36. The lowest BCUT2D eigenvalue weighted by atomic mass is 10.1. The molecular formula is C16H12N2OS. The number of aryl methyl sites for hydroxylation is 1. The molecule has 0 fully saturated rings. The molecule has 0 unspecified atom stereocenters. The van der Waals surface area contributed by atoms with Crippen molar-refractivity contribution in [3.8, 4) is 11.3 Å². The molecule has 0 saturated carbocycles. The van der Waals surface area contributed by atoms with Gasteiger partial charge in [-0.15, -0.1) is 0 Å². The standard InChI is InChI=1S/C16H12N2OS/c1-9-6-11(15-14(7-9)20-16(17)18-15)13-8-10-4-2-3-5-12(10)19-13/h2-8H,1H3,(H2,17,18). The normalized spacial score (nSPS) is 11.4. The van der Waals surface area contributed by atoms with Crippen LogP contribution in [0.2, 0.25) is 0 Å². The molecule has 0 atom stereocenters. The summed E-state index contributed by atoms with van der Waals surface area (Å²) in [6.07, 6.45) is 0. The molecule has 3 nitrogen and oxygen atoms in total. The fourth-order valence-electron chi connectivity index (χ4n) is 2.49. The number of furan rings is 1. The van der Waals surface area contributed by atoms with Crippen LogP contribution in [0.1, 0.15) is 5.56 Å². The largest absolute Gasteiger partial charge is 0.456 e. The Morgan fingerprint density at radius 3 is 2.85 bits per heavy atom. The van der Waals surface area contributed by atoms with Gasteiger partial charge >= 0.3 is 0 Å². The van der Waals surface area contributed by atoms with Gasteiger partial charge in [-0.1, -0.05) is 29.5 Å². The molecule has 98 valence electrons. The van der Waals surface area contributed by atoms with Crippen LogP contribution in [0.5, 0.6) is 0 Å². The van der Waals surface area contributed by atoms with Crippen molar-refractivity contribution in [2.75, 3.05) is 5.73 Å². The summed E-state index contributed by atoms with van der Waals surface area (Å²) in [5.74, 6) is 0.838. The number of rotatable bonds is 1. The molecule has 0 radical (unpaired) electrons. The maximum atomic E-state index is 5.95. The van der Waals surface area contributed by atoms with Crippen LogP contribution in [-0.2, 0) is 0 Å². The first-order valence-corrected chi connectivity index (χ1v) is 7.18. The van der Waals surface area contributed by atoms with E-state index in [0.29, 0.717) is 5.13 Å². The Balaban J connectivity index is 2.05.